The van der Waals surface area contributed by atoms with E-state index in [1.807, 2.05) is 0 Å². The van der Waals surface area contributed by atoms with Gasteiger partial charge in [-0.3, -0.25) is 20.2 Å². The molecule has 0 unspecified atom stereocenters. The summed E-state index contributed by atoms with van der Waals surface area (Å²) in [5.74, 6) is 1.20. The van der Waals surface area contributed by atoms with Gasteiger partial charge in [0.15, 0.2) is 0 Å². The monoisotopic (exact) mass is 401 g/mol. The zero-order chi connectivity index (χ0) is 20.8. The number of hydrogen-bond acceptors (Lipinski definition) is 9. The van der Waals surface area contributed by atoms with Gasteiger partial charge in [0.2, 0.25) is 11.8 Å². The second-order valence-corrected chi connectivity index (χ2v) is 7.12. The number of rotatable bonds is 8. The van der Waals surface area contributed by atoms with Crippen LogP contribution in [-0.2, 0) is 0 Å². The third kappa shape index (κ3) is 5.35. The lowest BCUT2D eigenvalue weighted by Gasteiger charge is -2.27. The predicted octanol–water partition coefficient (Wildman–Crippen LogP) is 3.21. The first-order chi connectivity index (χ1) is 14.0. The fourth-order valence-corrected chi connectivity index (χ4v) is 3.44. The molecule has 0 bridgehead atoms. The molecular formula is C18H23N7O4. The number of non-ortho nitro benzene ring substituents is 1. The normalized spacial score (nSPS) is 18.8. The minimum atomic E-state index is -0.537. The third-order valence-electron chi connectivity index (χ3n) is 5.14. The van der Waals surface area contributed by atoms with Crippen LogP contribution in [-0.4, -0.2) is 32.9 Å². The van der Waals surface area contributed by atoms with E-state index in [-0.39, 0.29) is 23.1 Å². The van der Waals surface area contributed by atoms with Crippen LogP contribution in [0.4, 0.5) is 28.8 Å². The average Bonchev–Trinajstić information content (AvgIpc) is 2.72. The molecule has 0 amide bonds. The van der Waals surface area contributed by atoms with Gasteiger partial charge in [-0.2, -0.15) is 4.98 Å². The highest BCUT2D eigenvalue weighted by molar-refractivity contribution is 5.62. The van der Waals surface area contributed by atoms with Crippen molar-refractivity contribution in [2.75, 3.05) is 23.7 Å². The van der Waals surface area contributed by atoms with Crippen molar-refractivity contribution < 1.29 is 9.85 Å². The van der Waals surface area contributed by atoms with Crippen molar-refractivity contribution >= 4 is 28.8 Å². The molecule has 0 aliphatic heterocycles. The van der Waals surface area contributed by atoms with Crippen molar-refractivity contribution in [2.24, 2.45) is 17.6 Å². The van der Waals surface area contributed by atoms with Gasteiger partial charge in [0.1, 0.15) is 6.20 Å². The van der Waals surface area contributed by atoms with Crippen LogP contribution in [0.3, 0.4) is 0 Å². The van der Waals surface area contributed by atoms with Crippen molar-refractivity contribution in [1.29, 1.82) is 0 Å². The summed E-state index contributed by atoms with van der Waals surface area (Å²) in [4.78, 5) is 29.4. The van der Waals surface area contributed by atoms with E-state index >= 15 is 0 Å². The van der Waals surface area contributed by atoms with Gasteiger partial charge >= 0.3 is 5.69 Å². The van der Waals surface area contributed by atoms with Crippen LogP contribution in [0, 0.1) is 32.1 Å². The first kappa shape index (κ1) is 20.4. The van der Waals surface area contributed by atoms with Crippen LogP contribution in [0.2, 0.25) is 0 Å². The van der Waals surface area contributed by atoms with Gasteiger partial charge in [-0.15, -0.1) is 0 Å². The topological polar surface area (TPSA) is 162 Å². The zero-order valence-electron chi connectivity index (χ0n) is 15.8. The summed E-state index contributed by atoms with van der Waals surface area (Å²) in [5, 5.41) is 28.2. The van der Waals surface area contributed by atoms with E-state index in [0.29, 0.717) is 30.6 Å². The third-order valence-corrected chi connectivity index (χ3v) is 5.14. The molecule has 0 saturated heterocycles. The Bertz CT molecular complexity index is 884. The lowest BCUT2D eigenvalue weighted by Crippen LogP contribution is -2.25. The summed E-state index contributed by atoms with van der Waals surface area (Å²) in [6, 6.07) is 5.87. The van der Waals surface area contributed by atoms with Crippen LogP contribution >= 0.6 is 0 Å². The first-order valence-corrected chi connectivity index (χ1v) is 9.43. The van der Waals surface area contributed by atoms with Gasteiger partial charge in [-0.1, -0.05) is 6.07 Å². The Morgan fingerprint density at radius 2 is 1.83 bits per heavy atom. The second-order valence-electron chi connectivity index (χ2n) is 7.12. The number of anilines is 3. The molecular weight excluding hydrogens is 378 g/mol. The van der Waals surface area contributed by atoms with Gasteiger partial charge in [0, 0.05) is 24.4 Å². The molecule has 0 atom stereocenters. The number of nitrogens with two attached hydrogens (primary N) is 1. The summed E-state index contributed by atoms with van der Waals surface area (Å²) in [5.41, 5.74) is 5.84. The maximum atomic E-state index is 11.3. The van der Waals surface area contributed by atoms with E-state index in [4.69, 9.17) is 5.73 Å². The number of benzene rings is 1. The van der Waals surface area contributed by atoms with Gasteiger partial charge in [-0.05, 0) is 50.1 Å². The van der Waals surface area contributed by atoms with Crippen LogP contribution in [0.5, 0.6) is 0 Å². The summed E-state index contributed by atoms with van der Waals surface area (Å²) in [7, 11) is 0. The fraction of sp³-hybridized carbons (Fsp3) is 0.444. The minimum absolute atomic E-state index is 0.0802. The largest absolute Gasteiger partial charge is 0.364 e. The summed E-state index contributed by atoms with van der Waals surface area (Å²) < 4.78 is 0. The molecule has 1 aliphatic rings. The molecule has 2 aromatic rings. The Morgan fingerprint density at radius 3 is 2.48 bits per heavy atom. The molecule has 0 spiro atoms. The lowest BCUT2D eigenvalue weighted by atomic mass is 9.82. The SMILES string of the molecule is NCC1CCC(CNc2nc(Nc3cccc([N+](=O)[O-])c3)ncc2[N+](=O)[O-])CC1. The highest BCUT2D eigenvalue weighted by Crippen LogP contribution is 2.30. The van der Waals surface area contributed by atoms with E-state index in [2.05, 4.69) is 20.6 Å². The molecule has 1 saturated carbocycles. The molecule has 1 aliphatic carbocycles. The van der Waals surface area contributed by atoms with E-state index in [9.17, 15) is 20.2 Å². The quantitative estimate of drug-likeness (QED) is 0.445. The highest BCUT2D eigenvalue weighted by Gasteiger charge is 2.22. The van der Waals surface area contributed by atoms with Crippen LogP contribution in [0.25, 0.3) is 0 Å². The summed E-state index contributed by atoms with van der Waals surface area (Å²) >= 11 is 0. The Kier molecular flexibility index (Phi) is 6.50. The van der Waals surface area contributed by atoms with E-state index < -0.39 is 9.85 Å². The van der Waals surface area contributed by atoms with Crippen LogP contribution in [0.1, 0.15) is 25.7 Å². The highest BCUT2D eigenvalue weighted by atomic mass is 16.6. The van der Waals surface area contributed by atoms with Gasteiger partial charge in [0.25, 0.3) is 5.69 Å². The standard InChI is InChI=1S/C18H23N7O4/c19-9-12-4-6-13(7-5-12)10-20-17-16(25(28)29)11-21-18(23-17)22-14-2-1-3-15(8-14)24(26)27/h1-3,8,11-13H,4-7,9-10,19H2,(H2,20,21,22,23). The van der Waals surface area contributed by atoms with Crippen molar-refractivity contribution in [2.45, 2.75) is 25.7 Å². The van der Waals surface area contributed by atoms with E-state index in [0.717, 1.165) is 31.9 Å². The lowest BCUT2D eigenvalue weighted by molar-refractivity contribution is -0.384. The average molecular weight is 401 g/mol. The molecule has 154 valence electrons. The van der Waals surface area contributed by atoms with Crippen molar-refractivity contribution in [3.8, 4) is 0 Å². The first-order valence-electron chi connectivity index (χ1n) is 9.43. The zero-order valence-corrected chi connectivity index (χ0v) is 15.8. The Labute approximate surface area is 167 Å². The molecule has 1 heterocycles. The number of aromatic nitrogens is 2. The number of nitro benzene ring substituents is 1. The Hall–Kier alpha value is -3.34. The van der Waals surface area contributed by atoms with Crippen LogP contribution in [0.15, 0.2) is 30.5 Å². The van der Waals surface area contributed by atoms with Crippen molar-refractivity contribution in [3.63, 3.8) is 0 Å². The minimum Gasteiger partial charge on any atom is -0.364 e. The Balaban J connectivity index is 1.71. The van der Waals surface area contributed by atoms with Crippen molar-refractivity contribution in [1.82, 2.24) is 9.97 Å². The second kappa shape index (κ2) is 9.24. The molecule has 11 heteroatoms. The van der Waals surface area contributed by atoms with E-state index in [1.54, 1.807) is 6.07 Å². The van der Waals surface area contributed by atoms with Crippen molar-refractivity contribution in [3.05, 3.63) is 50.7 Å². The van der Waals surface area contributed by atoms with E-state index in [1.165, 1.54) is 18.2 Å². The number of hydrogen-bond donors (Lipinski definition) is 3. The smallest absolute Gasteiger partial charge is 0.329 e. The van der Waals surface area contributed by atoms with Crippen LogP contribution < -0.4 is 16.4 Å². The molecule has 1 aromatic carbocycles. The Morgan fingerprint density at radius 1 is 1.10 bits per heavy atom. The fourth-order valence-electron chi connectivity index (χ4n) is 3.44. The molecule has 11 nitrogen and oxygen atoms in total. The number of nitrogens with one attached hydrogen (secondary N) is 2. The molecule has 4 N–H and O–H groups in total. The number of nitro groups is 2. The summed E-state index contributed by atoms with van der Waals surface area (Å²) in [6.45, 7) is 1.27. The summed E-state index contributed by atoms with van der Waals surface area (Å²) in [6.07, 6.45) is 5.29. The molecule has 1 fully saturated rings. The maximum absolute atomic E-state index is 11.3. The molecule has 0 radical (unpaired) electrons. The number of nitrogens with zero attached hydrogens (tertiary/aromatic N) is 4. The van der Waals surface area contributed by atoms with Gasteiger partial charge < -0.3 is 16.4 Å². The van der Waals surface area contributed by atoms with Gasteiger partial charge in [-0.25, -0.2) is 4.98 Å². The maximum Gasteiger partial charge on any atom is 0.329 e. The molecule has 3 rings (SSSR count). The predicted molar refractivity (Wildman–Crippen MR) is 108 cm³/mol. The van der Waals surface area contributed by atoms with Gasteiger partial charge in [0.05, 0.1) is 9.85 Å². The molecule has 1 aromatic heterocycles. The molecule has 29 heavy (non-hydrogen) atoms.